The lowest BCUT2D eigenvalue weighted by molar-refractivity contribution is 0.102. The Balaban J connectivity index is 1.90. The zero-order valence-electron chi connectivity index (χ0n) is 14.5. The Bertz CT molecular complexity index is 742. The molecule has 0 bridgehead atoms. The van der Waals surface area contributed by atoms with Crippen LogP contribution in [0.25, 0.3) is 0 Å². The first kappa shape index (κ1) is 17.1. The molecule has 1 aliphatic heterocycles. The topological polar surface area (TPSA) is 60.0 Å². The third-order valence-corrected chi connectivity index (χ3v) is 4.16. The first-order valence-corrected chi connectivity index (χ1v) is 8.18. The Morgan fingerprint density at radius 3 is 2.56 bits per heavy atom. The Kier molecular flexibility index (Phi) is 5.40. The molecule has 0 saturated carbocycles. The molecule has 25 heavy (non-hydrogen) atoms. The summed E-state index contributed by atoms with van der Waals surface area (Å²) in [5.41, 5.74) is 2.14. The van der Waals surface area contributed by atoms with Crippen molar-refractivity contribution in [1.29, 1.82) is 0 Å². The minimum atomic E-state index is -0.222. The van der Waals surface area contributed by atoms with Gasteiger partial charge in [-0.2, -0.15) is 0 Å². The minimum Gasteiger partial charge on any atom is -0.497 e. The lowest BCUT2D eigenvalue weighted by Crippen LogP contribution is -2.36. The fraction of sp³-hybridized carbons (Fsp3) is 0.316. The second-order valence-corrected chi connectivity index (χ2v) is 5.64. The molecule has 1 fully saturated rings. The van der Waals surface area contributed by atoms with Crippen molar-refractivity contribution in [3.8, 4) is 11.5 Å². The van der Waals surface area contributed by atoms with E-state index in [4.69, 9.17) is 14.2 Å². The van der Waals surface area contributed by atoms with E-state index in [2.05, 4.69) is 10.2 Å². The van der Waals surface area contributed by atoms with E-state index in [1.54, 1.807) is 26.4 Å². The Morgan fingerprint density at radius 1 is 1.08 bits per heavy atom. The fourth-order valence-corrected chi connectivity index (χ4v) is 2.84. The number of benzene rings is 2. The van der Waals surface area contributed by atoms with Gasteiger partial charge in [0.2, 0.25) is 0 Å². The van der Waals surface area contributed by atoms with Gasteiger partial charge in [-0.1, -0.05) is 12.1 Å². The zero-order valence-corrected chi connectivity index (χ0v) is 14.5. The summed E-state index contributed by atoms with van der Waals surface area (Å²) >= 11 is 0. The van der Waals surface area contributed by atoms with Crippen LogP contribution in [0.2, 0.25) is 0 Å². The number of amides is 1. The molecule has 3 rings (SSSR count). The van der Waals surface area contributed by atoms with E-state index in [1.807, 2.05) is 30.3 Å². The number of morpholine rings is 1. The number of carbonyl (C=O) groups is 1. The van der Waals surface area contributed by atoms with E-state index in [-0.39, 0.29) is 5.91 Å². The van der Waals surface area contributed by atoms with Crippen LogP contribution in [-0.2, 0) is 4.74 Å². The van der Waals surface area contributed by atoms with Crippen LogP contribution in [0.3, 0.4) is 0 Å². The van der Waals surface area contributed by atoms with Gasteiger partial charge in [0.15, 0.2) is 0 Å². The van der Waals surface area contributed by atoms with Crippen LogP contribution in [0, 0.1) is 0 Å². The highest BCUT2D eigenvalue weighted by Gasteiger charge is 2.19. The summed E-state index contributed by atoms with van der Waals surface area (Å²) in [4.78, 5) is 14.9. The maximum atomic E-state index is 12.8. The lowest BCUT2D eigenvalue weighted by Gasteiger charge is -2.30. The second-order valence-electron chi connectivity index (χ2n) is 5.64. The largest absolute Gasteiger partial charge is 0.497 e. The number of anilines is 2. The Morgan fingerprint density at radius 2 is 1.84 bits per heavy atom. The molecule has 1 saturated heterocycles. The van der Waals surface area contributed by atoms with Gasteiger partial charge in [-0.15, -0.1) is 0 Å². The van der Waals surface area contributed by atoms with Crippen LogP contribution in [0.1, 0.15) is 10.4 Å². The molecule has 0 unspecified atom stereocenters. The van der Waals surface area contributed by atoms with Gasteiger partial charge >= 0.3 is 0 Å². The standard InChI is InChI=1S/C19H22N2O4/c1-23-14-7-8-17(21-9-11-25-12-10-21)16(13-14)20-19(22)15-5-3-4-6-18(15)24-2/h3-8,13H,9-12H2,1-2H3,(H,20,22). The van der Waals surface area contributed by atoms with Crippen LogP contribution < -0.4 is 19.7 Å². The van der Waals surface area contributed by atoms with Crippen LogP contribution in [0.15, 0.2) is 42.5 Å². The molecular weight excluding hydrogens is 320 g/mol. The highest BCUT2D eigenvalue weighted by Crippen LogP contribution is 2.32. The van der Waals surface area contributed by atoms with E-state index in [0.717, 1.165) is 18.8 Å². The third kappa shape index (κ3) is 3.85. The summed E-state index contributed by atoms with van der Waals surface area (Å²) in [5, 5.41) is 2.99. The van der Waals surface area contributed by atoms with Crippen molar-refractivity contribution in [3.05, 3.63) is 48.0 Å². The lowest BCUT2D eigenvalue weighted by atomic mass is 10.1. The van der Waals surface area contributed by atoms with Crippen molar-refractivity contribution in [3.63, 3.8) is 0 Å². The average molecular weight is 342 g/mol. The molecule has 0 radical (unpaired) electrons. The van der Waals surface area contributed by atoms with Gasteiger partial charge in [0, 0.05) is 19.2 Å². The van der Waals surface area contributed by atoms with Crippen LogP contribution in [-0.4, -0.2) is 46.4 Å². The highest BCUT2D eigenvalue weighted by molar-refractivity contribution is 6.07. The van der Waals surface area contributed by atoms with Crippen LogP contribution in [0.4, 0.5) is 11.4 Å². The maximum absolute atomic E-state index is 12.8. The minimum absolute atomic E-state index is 0.222. The molecule has 132 valence electrons. The average Bonchev–Trinajstić information content (AvgIpc) is 2.68. The Hall–Kier alpha value is -2.73. The number of rotatable bonds is 5. The molecule has 0 atom stereocenters. The van der Waals surface area contributed by atoms with Crippen molar-refractivity contribution in [2.45, 2.75) is 0 Å². The summed E-state index contributed by atoms with van der Waals surface area (Å²) in [6, 6.07) is 12.8. The van der Waals surface area contributed by atoms with Gasteiger partial charge in [-0.3, -0.25) is 4.79 Å². The maximum Gasteiger partial charge on any atom is 0.259 e. The number of methoxy groups -OCH3 is 2. The normalized spacial score (nSPS) is 14.1. The van der Waals surface area contributed by atoms with Gasteiger partial charge in [0.25, 0.3) is 5.91 Å². The first-order chi connectivity index (χ1) is 12.2. The predicted molar refractivity (Wildman–Crippen MR) is 97.0 cm³/mol. The van der Waals surface area contributed by atoms with Crippen molar-refractivity contribution in [1.82, 2.24) is 0 Å². The summed E-state index contributed by atoms with van der Waals surface area (Å²) in [6.07, 6.45) is 0. The molecule has 6 nitrogen and oxygen atoms in total. The molecule has 1 N–H and O–H groups in total. The monoisotopic (exact) mass is 342 g/mol. The number of ether oxygens (including phenoxy) is 3. The van der Waals surface area contributed by atoms with Crippen molar-refractivity contribution in [2.24, 2.45) is 0 Å². The van der Waals surface area contributed by atoms with E-state index < -0.39 is 0 Å². The van der Waals surface area contributed by atoms with Crippen LogP contribution >= 0.6 is 0 Å². The molecule has 1 amide bonds. The highest BCUT2D eigenvalue weighted by atomic mass is 16.5. The summed E-state index contributed by atoms with van der Waals surface area (Å²) in [5.74, 6) is 1.00. The van der Waals surface area contributed by atoms with E-state index in [0.29, 0.717) is 36.0 Å². The predicted octanol–water partition coefficient (Wildman–Crippen LogP) is 2.79. The molecule has 0 aromatic heterocycles. The summed E-state index contributed by atoms with van der Waals surface area (Å²) < 4.78 is 16.0. The molecule has 6 heteroatoms. The smallest absolute Gasteiger partial charge is 0.259 e. The zero-order chi connectivity index (χ0) is 17.6. The summed E-state index contributed by atoms with van der Waals surface area (Å²) in [7, 11) is 3.16. The van der Waals surface area contributed by atoms with Crippen molar-refractivity contribution < 1.29 is 19.0 Å². The molecule has 0 aliphatic carbocycles. The SMILES string of the molecule is COc1ccc(N2CCOCC2)c(NC(=O)c2ccccc2OC)c1. The summed E-state index contributed by atoms with van der Waals surface area (Å²) in [6.45, 7) is 2.91. The van der Waals surface area contributed by atoms with Gasteiger partial charge in [0.05, 0.1) is 44.4 Å². The number of hydrogen-bond acceptors (Lipinski definition) is 5. The van der Waals surface area contributed by atoms with E-state index >= 15 is 0 Å². The first-order valence-electron chi connectivity index (χ1n) is 8.18. The molecule has 0 spiro atoms. The number of para-hydroxylation sites is 1. The molecule has 2 aromatic carbocycles. The van der Waals surface area contributed by atoms with Crippen molar-refractivity contribution in [2.75, 3.05) is 50.7 Å². The quantitative estimate of drug-likeness (QED) is 0.905. The second kappa shape index (κ2) is 7.90. The van der Waals surface area contributed by atoms with E-state index in [1.165, 1.54) is 0 Å². The molecule has 2 aromatic rings. The van der Waals surface area contributed by atoms with Gasteiger partial charge in [-0.25, -0.2) is 0 Å². The molecule has 1 aliphatic rings. The van der Waals surface area contributed by atoms with Crippen molar-refractivity contribution >= 4 is 17.3 Å². The fourth-order valence-electron chi connectivity index (χ4n) is 2.84. The van der Waals surface area contributed by atoms with E-state index in [9.17, 15) is 4.79 Å². The number of nitrogens with one attached hydrogen (secondary N) is 1. The number of carbonyl (C=O) groups excluding carboxylic acids is 1. The molecule has 1 heterocycles. The van der Waals surface area contributed by atoms with Gasteiger partial charge < -0.3 is 24.4 Å². The van der Waals surface area contributed by atoms with Gasteiger partial charge in [0.1, 0.15) is 11.5 Å². The number of hydrogen-bond donors (Lipinski definition) is 1. The Labute approximate surface area is 147 Å². The van der Waals surface area contributed by atoms with Gasteiger partial charge in [-0.05, 0) is 24.3 Å². The number of nitrogens with zero attached hydrogens (tertiary/aromatic N) is 1. The third-order valence-electron chi connectivity index (χ3n) is 4.16. The van der Waals surface area contributed by atoms with Crippen LogP contribution in [0.5, 0.6) is 11.5 Å². The molecular formula is C19H22N2O4.